The van der Waals surface area contributed by atoms with E-state index in [1.807, 2.05) is 36.4 Å². The SMILES string of the molecule is C[S@](=O)C[C@@H](NC(=O)c1ccc(C#N)cn1)c1ccccc1. The number of nitriles is 1. The minimum absolute atomic E-state index is 0.224. The number of nitrogens with one attached hydrogen (secondary N) is 1. The fourth-order valence-corrected chi connectivity index (χ4v) is 2.71. The van der Waals surface area contributed by atoms with Crippen molar-refractivity contribution < 1.29 is 9.00 Å². The van der Waals surface area contributed by atoms with Gasteiger partial charge >= 0.3 is 0 Å². The van der Waals surface area contributed by atoms with E-state index in [-0.39, 0.29) is 17.6 Å². The molecule has 1 amide bonds. The zero-order valence-electron chi connectivity index (χ0n) is 12.0. The Balaban J connectivity index is 2.17. The molecule has 0 fully saturated rings. The van der Waals surface area contributed by atoms with Crippen LogP contribution < -0.4 is 5.32 Å². The fraction of sp³-hybridized carbons (Fsp3) is 0.188. The lowest BCUT2D eigenvalue weighted by Crippen LogP contribution is -2.32. The lowest BCUT2D eigenvalue weighted by atomic mass is 10.1. The van der Waals surface area contributed by atoms with Crippen LogP contribution in [0.25, 0.3) is 0 Å². The summed E-state index contributed by atoms with van der Waals surface area (Å²) in [5.74, 6) is -0.0322. The van der Waals surface area contributed by atoms with Crippen molar-refractivity contribution in [1.29, 1.82) is 5.26 Å². The first-order valence-electron chi connectivity index (χ1n) is 6.62. The number of pyridine rings is 1. The Morgan fingerprint density at radius 2 is 2.05 bits per heavy atom. The first-order valence-corrected chi connectivity index (χ1v) is 8.35. The average molecular weight is 313 g/mol. The summed E-state index contributed by atoms with van der Waals surface area (Å²) in [5.41, 5.74) is 1.51. The van der Waals surface area contributed by atoms with Crippen LogP contribution in [0.5, 0.6) is 0 Å². The Bertz CT molecular complexity index is 708. The molecule has 1 heterocycles. The topological polar surface area (TPSA) is 82.9 Å². The summed E-state index contributed by atoms with van der Waals surface area (Å²) in [6.45, 7) is 0. The number of amides is 1. The van der Waals surface area contributed by atoms with Gasteiger partial charge in [0, 0.05) is 29.0 Å². The van der Waals surface area contributed by atoms with Crippen LogP contribution in [-0.4, -0.2) is 27.1 Å². The van der Waals surface area contributed by atoms with Crippen molar-refractivity contribution in [2.24, 2.45) is 0 Å². The molecule has 1 N–H and O–H groups in total. The monoisotopic (exact) mass is 313 g/mol. The van der Waals surface area contributed by atoms with Gasteiger partial charge in [0.25, 0.3) is 5.91 Å². The molecule has 1 aromatic carbocycles. The molecule has 0 unspecified atom stereocenters. The highest BCUT2D eigenvalue weighted by atomic mass is 32.2. The molecular weight excluding hydrogens is 298 g/mol. The van der Waals surface area contributed by atoms with Gasteiger partial charge < -0.3 is 5.32 Å². The smallest absolute Gasteiger partial charge is 0.270 e. The molecule has 0 aliphatic heterocycles. The number of hydrogen-bond acceptors (Lipinski definition) is 4. The van der Waals surface area contributed by atoms with Crippen LogP contribution in [0.15, 0.2) is 48.7 Å². The highest BCUT2D eigenvalue weighted by Crippen LogP contribution is 2.14. The third-order valence-corrected chi connectivity index (χ3v) is 3.84. The molecule has 0 saturated heterocycles. The van der Waals surface area contributed by atoms with Crippen molar-refractivity contribution >= 4 is 16.7 Å². The number of benzene rings is 1. The van der Waals surface area contributed by atoms with Gasteiger partial charge in [-0.05, 0) is 17.7 Å². The molecule has 2 atom stereocenters. The van der Waals surface area contributed by atoms with Gasteiger partial charge in [-0.15, -0.1) is 0 Å². The van der Waals surface area contributed by atoms with Crippen LogP contribution in [0.2, 0.25) is 0 Å². The fourth-order valence-electron chi connectivity index (χ4n) is 1.97. The van der Waals surface area contributed by atoms with Crippen molar-refractivity contribution in [2.75, 3.05) is 12.0 Å². The van der Waals surface area contributed by atoms with Gasteiger partial charge in [-0.1, -0.05) is 30.3 Å². The van der Waals surface area contributed by atoms with E-state index < -0.39 is 10.8 Å². The van der Waals surface area contributed by atoms with Crippen molar-refractivity contribution in [2.45, 2.75) is 6.04 Å². The van der Waals surface area contributed by atoms with E-state index in [1.165, 1.54) is 18.3 Å². The average Bonchev–Trinajstić information content (AvgIpc) is 2.54. The van der Waals surface area contributed by atoms with Crippen LogP contribution in [-0.2, 0) is 10.8 Å². The van der Waals surface area contributed by atoms with Crippen molar-refractivity contribution in [1.82, 2.24) is 10.3 Å². The lowest BCUT2D eigenvalue weighted by Gasteiger charge is -2.18. The van der Waals surface area contributed by atoms with Crippen molar-refractivity contribution in [3.63, 3.8) is 0 Å². The van der Waals surface area contributed by atoms with E-state index in [2.05, 4.69) is 10.3 Å². The molecule has 22 heavy (non-hydrogen) atoms. The van der Waals surface area contributed by atoms with Gasteiger partial charge in [-0.3, -0.25) is 9.00 Å². The summed E-state index contributed by atoms with van der Waals surface area (Å²) < 4.78 is 11.5. The number of nitrogens with zero attached hydrogens (tertiary/aromatic N) is 2. The predicted octanol–water partition coefficient (Wildman–Crippen LogP) is 1.80. The Morgan fingerprint density at radius 3 is 2.59 bits per heavy atom. The molecular formula is C16H15N3O2S. The van der Waals surface area contributed by atoms with Crippen LogP contribution >= 0.6 is 0 Å². The maximum atomic E-state index is 12.3. The van der Waals surface area contributed by atoms with Crippen molar-refractivity contribution in [3.8, 4) is 6.07 Å². The summed E-state index contributed by atoms with van der Waals surface area (Å²) in [4.78, 5) is 16.2. The van der Waals surface area contributed by atoms with E-state index in [0.717, 1.165) is 5.56 Å². The van der Waals surface area contributed by atoms with Crippen LogP contribution in [0.1, 0.15) is 27.7 Å². The van der Waals surface area contributed by atoms with E-state index in [4.69, 9.17) is 5.26 Å². The molecule has 0 saturated carbocycles. The summed E-state index contributed by atoms with van der Waals surface area (Å²) in [7, 11) is -1.05. The molecule has 112 valence electrons. The third-order valence-electron chi connectivity index (χ3n) is 3.03. The zero-order chi connectivity index (χ0) is 15.9. The number of carbonyl (C=O) groups is 1. The van der Waals surface area contributed by atoms with Crippen LogP contribution in [0, 0.1) is 11.3 Å². The van der Waals surface area contributed by atoms with Crippen LogP contribution in [0.4, 0.5) is 0 Å². The first-order chi connectivity index (χ1) is 10.6. The molecule has 0 bridgehead atoms. The summed E-state index contributed by atoms with van der Waals surface area (Å²) in [6, 6.07) is 14.0. The Labute approximate surface area is 131 Å². The summed E-state index contributed by atoms with van der Waals surface area (Å²) in [6.07, 6.45) is 2.95. The van der Waals surface area contributed by atoms with E-state index in [9.17, 15) is 9.00 Å². The maximum Gasteiger partial charge on any atom is 0.270 e. The van der Waals surface area contributed by atoms with Crippen LogP contribution in [0.3, 0.4) is 0 Å². The Hall–Kier alpha value is -2.52. The molecule has 2 aromatic rings. The Kier molecular flexibility index (Phi) is 5.39. The summed E-state index contributed by atoms with van der Waals surface area (Å²) >= 11 is 0. The number of hydrogen-bond donors (Lipinski definition) is 1. The molecule has 5 nitrogen and oxygen atoms in total. The lowest BCUT2D eigenvalue weighted by molar-refractivity contribution is 0.0935. The molecule has 0 spiro atoms. The molecule has 0 radical (unpaired) electrons. The normalized spacial score (nSPS) is 12.9. The second-order valence-electron chi connectivity index (χ2n) is 4.72. The number of rotatable bonds is 5. The number of carbonyl (C=O) groups excluding carboxylic acids is 1. The van der Waals surface area contributed by atoms with Gasteiger partial charge in [0.05, 0.1) is 11.6 Å². The standard InChI is InChI=1S/C16H15N3O2S/c1-22(21)11-15(13-5-3-2-4-6-13)19-16(20)14-8-7-12(9-17)10-18-14/h2-8,10,15H,11H2,1H3,(H,19,20)/t15-,22+/m1/s1. The largest absolute Gasteiger partial charge is 0.343 e. The molecule has 0 aliphatic carbocycles. The van der Waals surface area contributed by atoms with Gasteiger partial charge in [-0.25, -0.2) is 4.98 Å². The number of aromatic nitrogens is 1. The predicted molar refractivity (Wildman–Crippen MR) is 84.5 cm³/mol. The molecule has 2 rings (SSSR count). The van der Waals surface area contributed by atoms with Crippen molar-refractivity contribution in [3.05, 3.63) is 65.5 Å². The third kappa shape index (κ3) is 4.24. The Morgan fingerprint density at radius 1 is 1.32 bits per heavy atom. The van der Waals surface area contributed by atoms with E-state index >= 15 is 0 Å². The minimum Gasteiger partial charge on any atom is -0.343 e. The zero-order valence-corrected chi connectivity index (χ0v) is 12.8. The highest BCUT2D eigenvalue weighted by Gasteiger charge is 2.17. The minimum atomic E-state index is -1.05. The molecule has 0 aliphatic rings. The first kappa shape index (κ1) is 15.9. The van der Waals surface area contributed by atoms with Gasteiger partial charge in [0.1, 0.15) is 11.8 Å². The second kappa shape index (κ2) is 7.48. The van der Waals surface area contributed by atoms with Gasteiger partial charge in [0.15, 0.2) is 0 Å². The second-order valence-corrected chi connectivity index (χ2v) is 6.20. The molecule has 1 aromatic heterocycles. The van der Waals surface area contributed by atoms with Gasteiger partial charge in [-0.2, -0.15) is 5.26 Å². The highest BCUT2D eigenvalue weighted by molar-refractivity contribution is 7.84. The van der Waals surface area contributed by atoms with Gasteiger partial charge in [0.2, 0.25) is 0 Å². The molecule has 6 heteroatoms. The summed E-state index contributed by atoms with van der Waals surface area (Å²) in [5, 5.41) is 11.6. The maximum absolute atomic E-state index is 12.3. The van der Waals surface area contributed by atoms with E-state index in [0.29, 0.717) is 11.3 Å². The van der Waals surface area contributed by atoms with E-state index in [1.54, 1.807) is 6.26 Å². The quantitative estimate of drug-likeness (QED) is 0.912.